The van der Waals surface area contributed by atoms with E-state index in [2.05, 4.69) is 24.0 Å². The highest BCUT2D eigenvalue weighted by Crippen LogP contribution is 2.42. The molecule has 1 saturated heterocycles. The number of H-pyrrole nitrogens is 1. The van der Waals surface area contributed by atoms with Crippen molar-refractivity contribution in [2.75, 3.05) is 13.1 Å². The van der Waals surface area contributed by atoms with Crippen LogP contribution in [0.15, 0.2) is 54.6 Å². The lowest BCUT2D eigenvalue weighted by molar-refractivity contribution is -0.158. The fraction of sp³-hybridized carbons (Fsp3) is 0.360. The Morgan fingerprint density at radius 2 is 1.77 bits per heavy atom. The zero-order chi connectivity index (χ0) is 20.7. The molecule has 1 N–H and O–H groups in total. The SMILES string of the molecule is CCCCCN1CC(=O)N2[C@@H](c3ccccc3)c3[nH]c4ccccc4c3C[C@H]2C1=O. The quantitative estimate of drug-likeness (QED) is 0.656. The van der Waals surface area contributed by atoms with Gasteiger partial charge in [-0.2, -0.15) is 0 Å². The first-order valence-corrected chi connectivity index (χ1v) is 10.9. The zero-order valence-corrected chi connectivity index (χ0v) is 17.3. The highest BCUT2D eigenvalue weighted by atomic mass is 16.2. The molecule has 1 fully saturated rings. The monoisotopic (exact) mass is 401 g/mol. The second-order valence-corrected chi connectivity index (χ2v) is 8.36. The number of benzene rings is 2. The number of unbranched alkanes of at least 4 members (excludes halogenated alkanes) is 2. The van der Waals surface area contributed by atoms with Crippen molar-refractivity contribution in [2.45, 2.75) is 44.7 Å². The Labute approximate surface area is 176 Å². The summed E-state index contributed by atoms with van der Waals surface area (Å²) < 4.78 is 0. The molecule has 30 heavy (non-hydrogen) atoms. The van der Waals surface area contributed by atoms with E-state index in [1.54, 1.807) is 4.90 Å². The number of aromatic amines is 1. The van der Waals surface area contributed by atoms with Gasteiger partial charge in [-0.05, 0) is 23.6 Å². The molecule has 0 saturated carbocycles. The molecule has 2 aromatic carbocycles. The molecule has 5 rings (SSSR count). The summed E-state index contributed by atoms with van der Waals surface area (Å²) in [6.45, 7) is 2.99. The van der Waals surface area contributed by atoms with Gasteiger partial charge in [0.15, 0.2) is 0 Å². The molecule has 5 heteroatoms. The number of nitrogens with one attached hydrogen (secondary N) is 1. The second kappa shape index (κ2) is 7.63. The number of hydrogen-bond donors (Lipinski definition) is 1. The molecule has 1 aromatic heterocycles. The van der Waals surface area contributed by atoms with Crippen LogP contribution < -0.4 is 0 Å². The van der Waals surface area contributed by atoms with E-state index in [4.69, 9.17) is 0 Å². The highest BCUT2D eigenvalue weighted by molar-refractivity contribution is 5.97. The number of carbonyl (C=O) groups is 2. The first-order valence-electron chi connectivity index (χ1n) is 10.9. The predicted octanol–water partition coefficient (Wildman–Crippen LogP) is 4.04. The molecule has 2 amide bonds. The van der Waals surface area contributed by atoms with E-state index in [0.29, 0.717) is 13.0 Å². The van der Waals surface area contributed by atoms with Gasteiger partial charge >= 0.3 is 0 Å². The van der Waals surface area contributed by atoms with Gasteiger partial charge in [0.1, 0.15) is 6.04 Å². The molecule has 154 valence electrons. The van der Waals surface area contributed by atoms with E-state index in [0.717, 1.165) is 47.0 Å². The fourth-order valence-corrected chi connectivity index (χ4v) is 5.05. The van der Waals surface area contributed by atoms with E-state index in [9.17, 15) is 9.59 Å². The molecular weight excluding hydrogens is 374 g/mol. The molecule has 2 atom stereocenters. The molecule has 2 aliphatic rings. The standard InChI is InChI=1S/C25H27N3O2/c1-2-3-9-14-27-16-22(29)28-21(25(27)30)15-19-18-12-7-8-13-20(18)26-23(19)24(28)17-10-5-4-6-11-17/h4-8,10-13,21,24,26H,2-3,9,14-16H2,1H3/t21-,24-/m0/s1. The number of aromatic nitrogens is 1. The van der Waals surface area contributed by atoms with Crippen LogP contribution >= 0.6 is 0 Å². The fourth-order valence-electron chi connectivity index (χ4n) is 5.05. The molecule has 3 heterocycles. The highest BCUT2D eigenvalue weighted by Gasteiger charge is 2.47. The summed E-state index contributed by atoms with van der Waals surface area (Å²) in [6.07, 6.45) is 3.69. The third-order valence-corrected chi connectivity index (χ3v) is 6.49. The Hall–Kier alpha value is -3.08. The summed E-state index contributed by atoms with van der Waals surface area (Å²) in [6, 6.07) is 17.6. The van der Waals surface area contributed by atoms with E-state index in [1.807, 2.05) is 47.4 Å². The Morgan fingerprint density at radius 1 is 1.00 bits per heavy atom. The minimum atomic E-state index is -0.440. The third-order valence-electron chi connectivity index (χ3n) is 6.49. The van der Waals surface area contributed by atoms with Crippen LogP contribution in [-0.2, 0) is 16.0 Å². The average molecular weight is 402 g/mol. The van der Waals surface area contributed by atoms with Crippen LogP contribution in [-0.4, -0.2) is 45.7 Å². The Balaban J connectivity index is 1.61. The van der Waals surface area contributed by atoms with Gasteiger partial charge in [-0.1, -0.05) is 68.3 Å². The van der Waals surface area contributed by atoms with Gasteiger partial charge in [-0.15, -0.1) is 0 Å². The summed E-state index contributed by atoms with van der Waals surface area (Å²) in [5, 5.41) is 1.15. The van der Waals surface area contributed by atoms with Crippen LogP contribution in [0.2, 0.25) is 0 Å². The minimum absolute atomic E-state index is 0.0363. The number of hydrogen-bond acceptors (Lipinski definition) is 2. The molecule has 0 radical (unpaired) electrons. The van der Waals surface area contributed by atoms with Crippen LogP contribution in [0.5, 0.6) is 0 Å². The van der Waals surface area contributed by atoms with E-state index < -0.39 is 6.04 Å². The largest absolute Gasteiger partial charge is 0.356 e. The number of rotatable bonds is 5. The Kier molecular flexibility index (Phi) is 4.81. The maximum absolute atomic E-state index is 13.5. The van der Waals surface area contributed by atoms with Gasteiger partial charge < -0.3 is 14.8 Å². The molecule has 0 bridgehead atoms. The lowest BCUT2D eigenvalue weighted by Gasteiger charge is -2.47. The lowest BCUT2D eigenvalue weighted by Crippen LogP contribution is -2.63. The van der Waals surface area contributed by atoms with E-state index in [1.165, 1.54) is 0 Å². The third kappa shape index (κ3) is 3.00. The summed E-state index contributed by atoms with van der Waals surface area (Å²) in [5.74, 6) is 0.122. The normalized spacial score (nSPS) is 21.1. The molecule has 0 unspecified atom stereocenters. The second-order valence-electron chi connectivity index (χ2n) is 8.36. The van der Waals surface area contributed by atoms with Crippen molar-refractivity contribution < 1.29 is 9.59 Å². The number of amides is 2. The number of carbonyl (C=O) groups excluding carboxylic acids is 2. The van der Waals surface area contributed by atoms with Crippen molar-refractivity contribution in [1.29, 1.82) is 0 Å². The van der Waals surface area contributed by atoms with Crippen molar-refractivity contribution in [3.8, 4) is 0 Å². The van der Waals surface area contributed by atoms with Gasteiger partial charge in [0.2, 0.25) is 11.8 Å². The summed E-state index contributed by atoms with van der Waals surface area (Å²) in [7, 11) is 0. The lowest BCUT2D eigenvalue weighted by atomic mass is 9.86. The molecule has 3 aromatic rings. The van der Waals surface area contributed by atoms with E-state index >= 15 is 0 Å². The van der Waals surface area contributed by atoms with E-state index in [-0.39, 0.29) is 24.4 Å². The smallest absolute Gasteiger partial charge is 0.246 e. The van der Waals surface area contributed by atoms with Crippen molar-refractivity contribution >= 4 is 22.7 Å². The van der Waals surface area contributed by atoms with Gasteiger partial charge in [0.25, 0.3) is 0 Å². The van der Waals surface area contributed by atoms with Crippen LogP contribution in [0.3, 0.4) is 0 Å². The average Bonchev–Trinajstić information content (AvgIpc) is 3.15. The summed E-state index contributed by atoms with van der Waals surface area (Å²) in [4.78, 5) is 34.0. The maximum Gasteiger partial charge on any atom is 0.246 e. The van der Waals surface area contributed by atoms with Gasteiger partial charge in [-0.25, -0.2) is 0 Å². The van der Waals surface area contributed by atoms with Gasteiger partial charge in [0.05, 0.1) is 12.6 Å². The van der Waals surface area contributed by atoms with Crippen molar-refractivity contribution in [2.24, 2.45) is 0 Å². The molecular formula is C25H27N3O2. The van der Waals surface area contributed by atoms with Crippen LogP contribution in [0.4, 0.5) is 0 Å². The minimum Gasteiger partial charge on any atom is -0.356 e. The molecule has 0 spiro atoms. The number of nitrogens with zero attached hydrogens (tertiary/aromatic N) is 2. The summed E-state index contributed by atoms with van der Waals surface area (Å²) in [5.41, 5.74) is 4.30. The van der Waals surface area contributed by atoms with Crippen LogP contribution in [0, 0.1) is 0 Å². The van der Waals surface area contributed by atoms with Crippen molar-refractivity contribution in [1.82, 2.24) is 14.8 Å². The maximum atomic E-state index is 13.5. The van der Waals surface area contributed by atoms with Crippen LogP contribution in [0.1, 0.15) is 49.0 Å². The van der Waals surface area contributed by atoms with Gasteiger partial charge in [-0.3, -0.25) is 9.59 Å². The predicted molar refractivity (Wildman–Crippen MR) is 117 cm³/mol. The molecule has 2 aliphatic heterocycles. The Bertz CT molecular complexity index is 1090. The summed E-state index contributed by atoms with van der Waals surface area (Å²) >= 11 is 0. The van der Waals surface area contributed by atoms with Crippen molar-refractivity contribution in [3.05, 3.63) is 71.4 Å². The topological polar surface area (TPSA) is 56.4 Å². The molecule has 0 aliphatic carbocycles. The van der Waals surface area contributed by atoms with Crippen LogP contribution in [0.25, 0.3) is 10.9 Å². The molecule has 5 nitrogen and oxygen atoms in total. The number of piperazine rings is 1. The first-order chi connectivity index (χ1) is 14.7. The van der Waals surface area contributed by atoms with Gasteiger partial charge in [0, 0.05) is 29.6 Å². The Morgan fingerprint density at radius 3 is 2.57 bits per heavy atom. The number of para-hydroxylation sites is 1. The first kappa shape index (κ1) is 18.9. The van der Waals surface area contributed by atoms with Crippen molar-refractivity contribution in [3.63, 3.8) is 0 Å². The zero-order valence-electron chi connectivity index (χ0n) is 17.3. The number of fused-ring (bicyclic) bond motifs is 4.